The van der Waals surface area contributed by atoms with Crippen LogP contribution in [0.15, 0.2) is 40.9 Å². The predicted octanol–water partition coefficient (Wildman–Crippen LogP) is 4.36. The number of rotatable bonds is 10. The molecule has 0 unspecified atom stereocenters. The van der Waals surface area contributed by atoms with Crippen molar-refractivity contribution in [3.8, 4) is 22.2 Å². The summed E-state index contributed by atoms with van der Waals surface area (Å²) in [7, 11) is 1.37. The van der Waals surface area contributed by atoms with Crippen LogP contribution in [0.25, 0.3) is 10.7 Å². The molecule has 164 valence electrons. The lowest BCUT2D eigenvalue weighted by molar-refractivity contribution is -0.118. The van der Waals surface area contributed by atoms with Gasteiger partial charge in [0.25, 0.3) is 0 Å². The molecule has 31 heavy (non-hydrogen) atoms. The van der Waals surface area contributed by atoms with Crippen LogP contribution < -0.4 is 14.8 Å². The number of nitrogens with zero attached hydrogens (tertiary/aromatic N) is 3. The summed E-state index contributed by atoms with van der Waals surface area (Å²) < 4.78 is 36.5. The predicted molar refractivity (Wildman–Crippen MR) is 114 cm³/mol. The molecule has 3 aromatic rings. The minimum atomic E-state index is -2.94. The fourth-order valence-electron chi connectivity index (χ4n) is 3.01. The van der Waals surface area contributed by atoms with Crippen molar-refractivity contribution >= 4 is 29.0 Å². The van der Waals surface area contributed by atoms with Gasteiger partial charge < -0.3 is 14.8 Å². The van der Waals surface area contributed by atoms with E-state index in [2.05, 4.69) is 24.8 Å². The maximum absolute atomic E-state index is 12.4. The Labute approximate surface area is 185 Å². The molecule has 1 fully saturated rings. The molecule has 1 aliphatic rings. The maximum atomic E-state index is 12.4. The number of thiophene rings is 1. The van der Waals surface area contributed by atoms with Crippen molar-refractivity contribution in [1.82, 2.24) is 20.1 Å². The third kappa shape index (κ3) is 5.34. The van der Waals surface area contributed by atoms with Crippen LogP contribution in [0.5, 0.6) is 11.5 Å². The molecule has 1 N–H and O–H groups in total. The topological polar surface area (TPSA) is 78.3 Å². The average molecular weight is 467 g/mol. The number of hydrogen-bond acceptors (Lipinski definition) is 7. The van der Waals surface area contributed by atoms with Gasteiger partial charge in [0.2, 0.25) is 5.91 Å². The number of carbonyl (C=O) groups is 1. The minimum Gasteiger partial charge on any atom is -0.493 e. The highest BCUT2D eigenvalue weighted by molar-refractivity contribution is 7.99. The van der Waals surface area contributed by atoms with Gasteiger partial charge in [-0.3, -0.25) is 9.36 Å². The number of methoxy groups -OCH3 is 1. The lowest BCUT2D eigenvalue weighted by Gasteiger charge is -2.12. The second-order valence-corrected chi connectivity index (χ2v) is 8.70. The number of thioether (sulfide) groups is 1. The van der Waals surface area contributed by atoms with Gasteiger partial charge in [-0.2, -0.15) is 8.78 Å². The number of ether oxygens (including phenoxy) is 2. The van der Waals surface area contributed by atoms with Crippen LogP contribution in [0.3, 0.4) is 0 Å². The summed E-state index contributed by atoms with van der Waals surface area (Å²) in [5, 5.41) is 14.2. The van der Waals surface area contributed by atoms with Crippen LogP contribution in [0.4, 0.5) is 8.78 Å². The van der Waals surface area contributed by atoms with E-state index in [-0.39, 0.29) is 29.7 Å². The Morgan fingerprint density at radius 2 is 2.16 bits per heavy atom. The zero-order chi connectivity index (χ0) is 21.8. The van der Waals surface area contributed by atoms with Gasteiger partial charge in [-0.1, -0.05) is 23.9 Å². The van der Waals surface area contributed by atoms with Crippen molar-refractivity contribution < 1.29 is 23.0 Å². The molecule has 0 saturated heterocycles. The van der Waals surface area contributed by atoms with Crippen LogP contribution in [0.2, 0.25) is 0 Å². The van der Waals surface area contributed by atoms with Crippen molar-refractivity contribution in [3.63, 3.8) is 0 Å². The first-order valence-electron chi connectivity index (χ1n) is 9.55. The molecule has 0 atom stereocenters. The highest BCUT2D eigenvalue weighted by atomic mass is 32.2. The van der Waals surface area contributed by atoms with Crippen LogP contribution in [-0.4, -0.2) is 40.1 Å². The zero-order valence-electron chi connectivity index (χ0n) is 16.6. The van der Waals surface area contributed by atoms with E-state index in [0.29, 0.717) is 11.6 Å². The molecule has 4 rings (SSSR count). The van der Waals surface area contributed by atoms with E-state index in [1.54, 1.807) is 23.5 Å². The molecule has 1 aromatic carbocycles. The van der Waals surface area contributed by atoms with Crippen molar-refractivity contribution in [3.05, 3.63) is 41.3 Å². The number of amides is 1. The second-order valence-electron chi connectivity index (χ2n) is 6.81. The maximum Gasteiger partial charge on any atom is 0.387 e. The quantitative estimate of drug-likeness (QED) is 0.448. The van der Waals surface area contributed by atoms with Crippen molar-refractivity contribution in [2.24, 2.45) is 0 Å². The van der Waals surface area contributed by atoms with Gasteiger partial charge in [0.15, 0.2) is 22.5 Å². The molecule has 7 nitrogen and oxygen atoms in total. The van der Waals surface area contributed by atoms with Crippen LogP contribution in [0.1, 0.15) is 24.4 Å². The number of halogens is 2. The standard InChI is InChI=1S/C20H20F2N4O3S2/c1-28-15-9-12(4-7-14(15)29-19(21)22)10-23-17(27)11-31-20-25-24-18(16-3-2-8-30-16)26(20)13-5-6-13/h2-4,7-9,13,19H,5-6,10-11H2,1H3,(H,23,27). The molecule has 11 heteroatoms. The summed E-state index contributed by atoms with van der Waals surface area (Å²) in [6, 6.07) is 8.94. The fraction of sp³-hybridized carbons (Fsp3) is 0.350. The first kappa shape index (κ1) is 21.6. The molecular weight excluding hydrogens is 446 g/mol. The van der Waals surface area contributed by atoms with Gasteiger partial charge in [-0.15, -0.1) is 21.5 Å². The van der Waals surface area contributed by atoms with Gasteiger partial charge in [-0.25, -0.2) is 0 Å². The molecule has 1 saturated carbocycles. The third-order valence-electron chi connectivity index (χ3n) is 4.58. The Bertz CT molecular complexity index is 1040. The van der Waals surface area contributed by atoms with Gasteiger partial charge in [0, 0.05) is 12.6 Å². The lowest BCUT2D eigenvalue weighted by Crippen LogP contribution is -2.24. The van der Waals surface area contributed by atoms with E-state index in [4.69, 9.17) is 4.74 Å². The highest BCUT2D eigenvalue weighted by Crippen LogP contribution is 2.41. The number of nitrogens with one attached hydrogen (secondary N) is 1. The van der Waals surface area contributed by atoms with E-state index in [0.717, 1.165) is 28.7 Å². The largest absolute Gasteiger partial charge is 0.493 e. The van der Waals surface area contributed by atoms with Crippen LogP contribution in [-0.2, 0) is 11.3 Å². The summed E-state index contributed by atoms with van der Waals surface area (Å²) in [6.45, 7) is -2.70. The normalized spacial score (nSPS) is 13.4. The van der Waals surface area contributed by atoms with E-state index < -0.39 is 6.61 Å². The number of aromatic nitrogens is 3. The Kier molecular flexibility index (Phi) is 6.71. The Morgan fingerprint density at radius 1 is 1.32 bits per heavy atom. The van der Waals surface area contributed by atoms with E-state index in [9.17, 15) is 13.6 Å². The SMILES string of the molecule is COc1cc(CNC(=O)CSc2nnc(-c3cccs3)n2C2CC2)ccc1OC(F)F. The summed E-state index contributed by atoms with van der Waals surface area (Å²) in [5.41, 5.74) is 0.706. The van der Waals surface area contributed by atoms with Gasteiger partial charge in [0.1, 0.15) is 0 Å². The fourth-order valence-corrected chi connectivity index (χ4v) is 4.55. The molecular formula is C20H20F2N4O3S2. The van der Waals surface area contributed by atoms with Crippen LogP contribution >= 0.6 is 23.1 Å². The number of hydrogen-bond donors (Lipinski definition) is 1. The first-order chi connectivity index (χ1) is 15.0. The average Bonchev–Trinajstić information content (AvgIpc) is 3.27. The number of carbonyl (C=O) groups excluding carboxylic acids is 1. The number of benzene rings is 1. The van der Waals surface area contributed by atoms with Gasteiger partial charge >= 0.3 is 6.61 Å². The summed E-state index contributed by atoms with van der Waals surface area (Å²) in [5.74, 6) is 1.00. The lowest BCUT2D eigenvalue weighted by atomic mass is 10.2. The van der Waals surface area contributed by atoms with Crippen molar-refractivity contribution in [1.29, 1.82) is 0 Å². The third-order valence-corrected chi connectivity index (χ3v) is 6.39. The molecule has 2 heterocycles. The van der Waals surface area contributed by atoms with E-state index in [1.165, 1.54) is 24.9 Å². The van der Waals surface area contributed by atoms with Crippen molar-refractivity contribution in [2.45, 2.75) is 37.2 Å². The minimum absolute atomic E-state index is 0.0518. The van der Waals surface area contributed by atoms with Gasteiger partial charge in [-0.05, 0) is 42.0 Å². The molecule has 1 amide bonds. The molecule has 0 bridgehead atoms. The Balaban J connectivity index is 1.34. The molecule has 1 aliphatic carbocycles. The van der Waals surface area contributed by atoms with Crippen molar-refractivity contribution in [2.75, 3.05) is 12.9 Å². The highest BCUT2D eigenvalue weighted by Gasteiger charge is 2.30. The Hall–Kier alpha value is -2.66. The first-order valence-corrected chi connectivity index (χ1v) is 11.4. The van der Waals surface area contributed by atoms with Crippen LogP contribution in [0, 0.1) is 0 Å². The Morgan fingerprint density at radius 3 is 2.84 bits per heavy atom. The smallest absolute Gasteiger partial charge is 0.387 e. The monoisotopic (exact) mass is 466 g/mol. The summed E-state index contributed by atoms with van der Waals surface area (Å²) in [4.78, 5) is 13.4. The molecule has 0 spiro atoms. The summed E-state index contributed by atoms with van der Waals surface area (Å²) >= 11 is 2.96. The zero-order valence-corrected chi connectivity index (χ0v) is 18.2. The molecule has 0 aliphatic heterocycles. The molecule has 0 radical (unpaired) electrons. The molecule has 2 aromatic heterocycles. The van der Waals surface area contributed by atoms with E-state index in [1.807, 2.05) is 17.5 Å². The summed E-state index contributed by atoms with van der Waals surface area (Å²) in [6.07, 6.45) is 2.17. The number of alkyl halides is 2. The van der Waals surface area contributed by atoms with Gasteiger partial charge in [0.05, 0.1) is 17.7 Å². The van der Waals surface area contributed by atoms with E-state index >= 15 is 0 Å². The second kappa shape index (κ2) is 9.65.